The highest BCUT2D eigenvalue weighted by atomic mass is 35.5. The number of aryl methyl sites for hydroxylation is 1. The smallest absolute Gasteiger partial charge is 0.224 e. The Bertz CT molecular complexity index is 520. The standard InChI is InChI=1S/C17H23ClN2O/c1-12-10-14(18)2-5-16(12)19-17(21)11-13-6-8-20(9-7-13)15-3-4-15/h2,5,10,13,15H,3-4,6-9,11H2,1H3,(H,19,21). The third-order valence-corrected chi connectivity index (χ3v) is 4.88. The summed E-state index contributed by atoms with van der Waals surface area (Å²) in [6.07, 6.45) is 5.70. The van der Waals surface area contributed by atoms with E-state index in [0.717, 1.165) is 30.1 Å². The SMILES string of the molecule is Cc1cc(Cl)ccc1NC(=O)CC1CCN(C2CC2)CC1. The van der Waals surface area contributed by atoms with Crippen LogP contribution in [0, 0.1) is 12.8 Å². The molecule has 1 saturated carbocycles. The molecule has 114 valence electrons. The van der Waals surface area contributed by atoms with Gasteiger partial charge in [0.05, 0.1) is 0 Å². The average molecular weight is 307 g/mol. The monoisotopic (exact) mass is 306 g/mol. The van der Waals surface area contributed by atoms with E-state index in [4.69, 9.17) is 11.6 Å². The average Bonchev–Trinajstić information content (AvgIpc) is 3.27. The van der Waals surface area contributed by atoms with Crippen LogP contribution in [0.3, 0.4) is 0 Å². The van der Waals surface area contributed by atoms with Crippen LogP contribution in [0.4, 0.5) is 5.69 Å². The van der Waals surface area contributed by atoms with E-state index in [2.05, 4.69) is 10.2 Å². The fraction of sp³-hybridized carbons (Fsp3) is 0.588. The maximum absolute atomic E-state index is 12.2. The molecule has 1 aromatic carbocycles. The summed E-state index contributed by atoms with van der Waals surface area (Å²) in [4.78, 5) is 14.8. The van der Waals surface area contributed by atoms with Crippen molar-refractivity contribution in [3.05, 3.63) is 28.8 Å². The first-order chi connectivity index (χ1) is 10.1. The van der Waals surface area contributed by atoms with E-state index in [9.17, 15) is 4.79 Å². The van der Waals surface area contributed by atoms with Gasteiger partial charge in [0.25, 0.3) is 0 Å². The fourth-order valence-corrected chi connectivity index (χ4v) is 3.42. The molecule has 1 heterocycles. The van der Waals surface area contributed by atoms with Gasteiger partial charge in [0.2, 0.25) is 5.91 Å². The topological polar surface area (TPSA) is 32.3 Å². The summed E-state index contributed by atoms with van der Waals surface area (Å²) in [5, 5.41) is 3.73. The van der Waals surface area contributed by atoms with Gasteiger partial charge in [0, 0.05) is 23.2 Å². The number of benzene rings is 1. The number of anilines is 1. The van der Waals surface area contributed by atoms with Crippen molar-refractivity contribution < 1.29 is 4.79 Å². The van der Waals surface area contributed by atoms with Crippen molar-refractivity contribution >= 4 is 23.2 Å². The van der Waals surface area contributed by atoms with Crippen molar-refractivity contribution in [1.82, 2.24) is 4.90 Å². The molecular weight excluding hydrogens is 284 g/mol. The Hall–Kier alpha value is -1.06. The number of piperidine rings is 1. The van der Waals surface area contributed by atoms with Crippen molar-refractivity contribution in [3.8, 4) is 0 Å². The number of nitrogens with zero attached hydrogens (tertiary/aromatic N) is 1. The van der Waals surface area contributed by atoms with Gasteiger partial charge in [0.15, 0.2) is 0 Å². The number of halogens is 1. The normalized spacial score (nSPS) is 20.5. The minimum absolute atomic E-state index is 0.130. The number of carbonyl (C=O) groups is 1. The highest BCUT2D eigenvalue weighted by Gasteiger charge is 2.32. The second kappa shape index (κ2) is 6.37. The van der Waals surface area contributed by atoms with Crippen molar-refractivity contribution in [3.63, 3.8) is 0 Å². The van der Waals surface area contributed by atoms with Crippen LogP contribution < -0.4 is 5.32 Å². The molecule has 1 aliphatic heterocycles. The minimum atomic E-state index is 0.130. The van der Waals surface area contributed by atoms with E-state index < -0.39 is 0 Å². The first kappa shape index (κ1) is 14.9. The molecule has 0 spiro atoms. The van der Waals surface area contributed by atoms with Crippen LogP contribution in [-0.2, 0) is 4.79 Å². The highest BCUT2D eigenvalue weighted by molar-refractivity contribution is 6.30. The largest absolute Gasteiger partial charge is 0.326 e. The maximum atomic E-state index is 12.2. The number of hydrogen-bond acceptors (Lipinski definition) is 2. The van der Waals surface area contributed by atoms with Gasteiger partial charge in [-0.2, -0.15) is 0 Å². The lowest BCUT2D eigenvalue weighted by atomic mass is 9.93. The molecule has 0 unspecified atom stereocenters. The van der Waals surface area contributed by atoms with Crippen LogP contribution in [0.15, 0.2) is 18.2 Å². The lowest BCUT2D eigenvalue weighted by molar-refractivity contribution is -0.117. The second-order valence-corrected chi connectivity index (χ2v) is 6.86. The molecule has 0 aromatic heterocycles. The lowest BCUT2D eigenvalue weighted by Crippen LogP contribution is -2.36. The van der Waals surface area contributed by atoms with Gasteiger partial charge in [0.1, 0.15) is 0 Å². The maximum Gasteiger partial charge on any atom is 0.224 e. The van der Waals surface area contributed by atoms with Crippen molar-refractivity contribution in [1.29, 1.82) is 0 Å². The predicted molar refractivity (Wildman–Crippen MR) is 86.8 cm³/mol. The van der Waals surface area contributed by atoms with Crippen LogP contribution in [0.25, 0.3) is 0 Å². The number of nitrogens with one attached hydrogen (secondary N) is 1. The molecule has 0 radical (unpaired) electrons. The van der Waals surface area contributed by atoms with Crippen molar-refractivity contribution in [2.45, 2.75) is 45.1 Å². The number of hydrogen-bond donors (Lipinski definition) is 1. The zero-order valence-electron chi connectivity index (χ0n) is 12.6. The molecule has 3 rings (SSSR count). The summed E-state index contributed by atoms with van der Waals surface area (Å²) in [5.74, 6) is 0.665. The van der Waals surface area contributed by atoms with Crippen LogP contribution in [0.1, 0.15) is 37.7 Å². The molecule has 1 amide bonds. The molecule has 1 saturated heterocycles. The summed E-state index contributed by atoms with van der Waals surface area (Å²) in [6, 6.07) is 6.44. The Morgan fingerprint density at radius 3 is 2.62 bits per heavy atom. The summed E-state index contributed by atoms with van der Waals surface area (Å²) in [7, 11) is 0. The van der Waals surface area contributed by atoms with Gasteiger partial charge in [-0.25, -0.2) is 0 Å². The van der Waals surface area contributed by atoms with Gasteiger partial charge in [-0.05, 0) is 75.4 Å². The highest BCUT2D eigenvalue weighted by Crippen LogP contribution is 2.31. The Kier molecular flexibility index (Phi) is 4.51. The van der Waals surface area contributed by atoms with Gasteiger partial charge in [-0.3, -0.25) is 4.79 Å². The Morgan fingerprint density at radius 1 is 1.29 bits per heavy atom. The molecule has 4 heteroatoms. The molecule has 0 atom stereocenters. The fourth-order valence-electron chi connectivity index (χ4n) is 3.19. The third kappa shape index (κ3) is 3.98. The molecule has 3 nitrogen and oxygen atoms in total. The van der Waals surface area contributed by atoms with Crippen LogP contribution in [-0.4, -0.2) is 29.9 Å². The Balaban J connectivity index is 1.47. The van der Waals surface area contributed by atoms with Gasteiger partial charge in [-0.1, -0.05) is 11.6 Å². The quantitative estimate of drug-likeness (QED) is 0.916. The second-order valence-electron chi connectivity index (χ2n) is 6.42. The number of rotatable bonds is 4. The molecule has 2 aliphatic rings. The third-order valence-electron chi connectivity index (χ3n) is 4.65. The van der Waals surface area contributed by atoms with E-state index in [1.54, 1.807) is 0 Å². The van der Waals surface area contributed by atoms with Crippen LogP contribution in [0.2, 0.25) is 5.02 Å². The summed E-state index contributed by atoms with van der Waals surface area (Å²) in [5.41, 5.74) is 1.89. The van der Waals surface area contributed by atoms with E-state index >= 15 is 0 Å². The van der Waals surface area contributed by atoms with Crippen molar-refractivity contribution in [2.24, 2.45) is 5.92 Å². The first-order valence-corrected chi connectivity index (χ1v) is 8.29. The number of likely N-dealkylation sites (tertiary alicyclic amines) is 1. The van der Waals surface area contributed by atoms with E-state index in [-0.39, 0.29) is 5.91 Å². The molecule has 0 bridgehead atoms. The number of amides is 1. The zero-order valence-corrected chi connectivity index (χ0v) is 13.3. The van der Waals surface area contributed by atoms with E-state index in [1.807, 2.05) is 25.1 Å². The zero-order chi connectivity index (χ0) is 14.8. The molecular formula is C17H23ClN2O. The molecule has 2 fully saturated rings. The molecule has 1 aromatic rings. The Morgan fingerprint density at radius 2 is 2.00 bits per heavy atom. The first-order valence-electron chi connectivity index (χ1n) is 7.92. The summed E-state index contributed by atoms with van der Waals surface area (Å²) >= 11 is 5.94. The van der Waals surface area contributed by atoms with E-state index in [1.165, 1.54) is 25.9 Å². The van der Waals surface area contributed by atoms with Crippen LogP contribution in [0.5, 0.6) is 0 Å². The summed E-state index contributed by atoms with van der Waals surface area (Å²) in [6.45, 7) is 4.31. The van der Waals surface area contributed by atoms with E-state index in [0.29, 0.717) is 17.4 Å². The molecule has 1 aliphatic carbocycles. The number of carbonyl (C=O) groups excluding carboxylic acids is 1. The summed E-state index contributed by atoms with van der Waals surface area (Å²) < 4.78 is 0. The predicted octanol–water partition coefficient (Wildman–Crippen LogP) is 3.85. The Labute approximate surface area is 131 Å². The molecule has 1 N–H and O–H groups in total. The van der Waals surface area contributed by atoms with Gasteiger partial charge >= 0.3 is 0 Å². The molecule has 21 heavy (non-hydrogen) atoms. The van der Waals surface area contributed by atoms with Crippen molar-refractivity contribution in [2.75, 3.05) is 18.4 Å². The van der Waals surface area contributed by atoms with Gasteiger partial charge in [-0.15, -0.1) is 0 Å². The van der Waals surface area contributed by atoms with Crippen LogP contribution >= 0.6 is 11.6 Å². The lowest BCUT2D eigenvalue weighted by Gasteiger charge is -2.31. The van der Waals surface area contributed by atoms with Gasteiger partial charge < -0.3 is 10.2 Å². The minimum Gasteiger partial charge on any atom is -0.326 e.